The second-order valence-electron chi connectivity index (χ2n) is 15.1. The Balaban J connectivity index is 1.48. The van der Waals surface area contributed by atoms with E-state index in [0.29, 0.717) is 38.5 Å². The highest BCUT2D eigenvalue weighted by molar-refractivity contribution is 5.91. The van der Waals surface area contributed by atoms with E-state index in [-0.39, 0.29) is 42.8 Å². The first-order chi connectivity index (χ1) is 25.1. The van der Waals surface area contributed by atoms with Gasteiger partial charge in [0.25, 0.3) is 11.5 Å². The molecule has 53 heavy (non-hydrogen) atoms. The Hall–Kier alpha value is -4.37. The van der Waals surface area contributed by atoms with Crippen molar-refractivity contribution in [3.63, 3.8) is 0 Å². The van der Waals surface area contributed by atoms with Gasteiger partial charge in [0.05, 0.1) is 18.3 Å². The second kappa shape index (κ2) is 19.1. The molecule has 14 nitrogen and oxygen atoms in total. The number of alkyl carbamates (subject to hydrolysis) is 1. The molecule has 0 spiro atoms. The monoisotopic (exact) mass is 744 g/mol. The predicted octanol–water partition coefficient (Wildman–Crippen LogP) is 4.13. The summed E-state index contributed by atoms with van der Waals surface area (Å²) in [4.78, 5) is 79.1. The zero-order valence-electron chi connectivity index (χ0n) is 31.2. The van der Waals surface area contributed by atoms with Crippen LogP contribution >= 0.6 is 0 Å². The van der Waals surface area contributed by atoms with E-state index in [1.165, 1.54) is 0 Å². The van der Waals surface area contributed by atoms with E-state index in [2.05, 4.69) is 10.6 Å². The molecule has 1 aliphatic heterocycles. The van der Waals surface area contributed by atoms with Gasteiger partial charge in [-0.05, 0) is 82.6 Å². The lowest BCUT2D eigenvalue weighted by atomic mass is 9.80. The molecule has 2 amide bonds. The summed E-state index contributed by atoms with van der Waals surface area (Å²) < 4.78 is 37.3. The SMILES string of the molecule is CCC(CC(=O)OCn1cc(F)c(=O)[nH]c1=O)C1CC(=O)C(NC(=O)C(OC2CCCCO2)C(Cc2ccccc2)NC(=O)OC(C)(C)C)CC(C)C1. The van der Waals surface area contributed by atoms with Crippen molar-refractivity contribution in [2.75, 3.05) is 6.61 Å². The average molecular weight is 745 g/mol. The van der Waals surface area contributed by atoms with Crippen LogP contribution < -0.4 is 21.9 Å². The summed E-state index contributed by atoms with van der Waals surface area (Å²) in [6, 6.07) is 7.65. The van der Waals surface area contributed by atoms with Crippen LogP contribution in [0.2, 0.25) is 0 Å². The van der Waals surface area contributed by atoms with E-state index in [1.54, 1.807) is 20.8 Å². The Morgan fingerprint density at radius 1 is 1.09 bits per heavy atom. The molecule has 7 unspecified atom stereocenters. The van der Waals surface area contributed by atoms with E-state index in [1.807, 2.05) is 49.2 Å². The van der Waals surface area contributed by atoms with Crippen LogP contribution in [-0.4, -0.2) is 70.0 Å². The normalized spacial score (nSPS) is 22.5. The Morgan fingerprint density at radius 2 is 1.83 bits per heavy atom. The Labute approximate surface area is 308 Å². The molecule has 292 valence electrons. The largest absolute Gasteiger partial charge is 0.444 e. The highest BCUT2D eigenvalue weighted by atomic mass is 19.1. The molecule has 1 aromatic heterocycles. The summed E-state index contributed by atoms with van der Waals surface area (Å²) in [5.74, 6) is -3.05. The van der Waals surface area contributed by atoms with Crippen LogP contribution in [0.15, 0.2) is 46.1 Å². The third-order valence-electron chi connectivity index (χ3n) is 9.52. The zero-order chi connectivity index (χ0) is 38.7. The molecular weight excluding hydrogens is 691 g/mol. The number of Topliss-reactive ketones (excluding diaryl/α,β-unsaturated/α-hetero) is 1. The smallest absolute Gasteiger partial charge is 0.407 e. The van der Waals surface area contributed by atoms with E-state index < -0.39 is 71.8 Å². The molecule has 4 rings (SSSR count). The first-order valence-electron chi connectivity index (χ1n) is 18.4. The van der Waals surface area contributed by atoms with Crippen molar-refractivity contribution in [2.24, 2.45) is 17.8 Å². The predicted molar refractivity (Wildman–Crippen MR) is 191 cm³/mol. The summed E-state index contributed by atoms with van der Waals surface area (Å²) in [6.07, 6.45) is 2.14. The van der Waals surface area contributed by atoms with Gasteiger partial charge < -0.3 is 29.6 Å². The number of hydrogen-bond donors (Lipinski definition) is 3. The number of ketones is 1. The first-order valence-corrected chi connectivity index (χ1v) is 18.4. The van der Waals surface area contributed by atoms with Crippen molar-refractivity contribution in [1.82, 2.24) is 20.2 Å². The molecule has 2 fully saturated rings. The highest BCUT2D eigenvalue weighted by Crippen LogP contribution is 2.35. The van der Waals surface area contributed by atoms with Gasteiger partial charge in [-0.1, -0.05) is 50.6 Å². The summed E-state index contributed by atoms with van der Waals surface area (Å²) in [5, 5.41) is 5.80. The quantitative estimate of drug-likeness (QED) is 0.188. The molecule has 1 saturated carbocycles. The van der Waals surface area contributed by atoms with Crippen LogP contribution in [0.4, 0.5) is 9.18 Å². The maximum absolute atomic E-state index is 14.3. The number of carbonyl (C=O) groups excluding carboxylic acids is 4. The Morgan fingerprint density at radius 3 is 2.49 bits per heavy atom. The minimum Gasteiger partial charge on any atom is -0.444 e. The van der Waals surface area contributed by atoms with Gasteiger partial charge in [-0.25, -0.2) is 9.59 Å². The van der Waals surface area contributed by atoms with E-state index in [9.17, 15) is 33.2 Å². The lowest BCUT2D eigenvalue weighted by Gasteiger charge is -2.33. The molecule has 3 N–H and O–H groups in total. The number of rotatable bonds is 14. The molecule has 2 aromatic rings. The van der Waals surface area contributed by atoms with Gasteiger partial charge in [-0.2, -0.15) is 4.39 Å². The topological polar surface area (TPSA) is 184 Å². The van der Waals surface area contributed by atoms with E-state index in [0.717, 1.165) is 23.0 Å². The number of aromatic nitrogens is 2. The van der Waals surface area contributed by atoms with Gasteiger partial charge in [-0.3, -0.25) is 28.7 Å². The summed E-state index contributed by atoms with van der Waals surface area (Å²) in [5.41, 5.74) is -2.03. The maximum Gasteiger partial charge on any atom is 0.407 e. The number of esters is 1. The number of nitrogens with one attached hydrogen (secondary N) is 3. The van der Waals surface area contributed by atoms with Crippen LogP contribution in [0.3, 0.4) is 0 Å². The molecular formula is C38H53FN4O10. The number of benzene rings is 1. The van der Waals surface area contributed by atoms with Gasteiger partial charge >= 0.3 is 17.8 Å². The van der Waals surface area contributed by atoms with Gasteiger partial charge in [-0.15, -0.1) is 0 Å². The minimum absolute atomic E-state index is 0.00874. The van der Waals surface area contributed by atoms with Gasteiger partial charge in [0.15, 0.2) is 24.9 Å². The van der Waals surface area contributed by atoms with Crippen LogP contribution in [0.5, 0.6) is 0 Å². The summed E-state index contributed by atoms with van der Waals surface area (Å²) >= 11 is 0. The lowest BCUT2D eigenvalue weighted by molar-refractivity contribution is -0.197. The van der Waals surface area contributed by atoms with Gasteiger partial charge in [0.1, 0.15) is 5.60 Å². The number of aromatic amines is 1. The number of nitrogens with zero attached hydrogens (tertiary/aromatic N) is 1. The fourth-order valence-electron chi connectivity index (χ4n) is 6.90. The van der Waals surface area contributed by atoms with Gasteiger partial charge in [0, 0.05) is 19.4 Å². The summed E-state index contributed by atoms with van der Waals surface area (Å²) in [6.45, 7) is 9.00. The van der Waals surface area contributed by atoms with Gasteiger partial charge in [0.2, 0.25) is 5.82 Å². The second-order valence-corrected chi connectivity index (χ2v) is 15.1. The van der Waals surface area contributed by atoms with Crippen molar-refractivity contribution in [2.45, 2.75) is 129 Å². The number of H-pyrrole nitrogens is 1. The van der Waals surface area contributed by atoms with Crippen LogP contribution in [0.1, 0.15) is 91.5 Å². The fraction of sp³-hybridized carbons (Fsp3) is 0.632. The number of halogens is 1. The number of carbonyl (C=O) groups is 4. The molecule has 1 aromatic carbocycles. The average Bonchev–Trinajstić information content (AvgIpc) is 3.23. The van der Waals surface area contributed by atoms with Crippen LogP contribution in [0, 0.1) is 23.6 Å². The van der Waals surface area contributed by atoms with E-state index >= 15 is 0 Å². The third kappa shape index (κ3) is 12.9. The summed E-state index contributed by atoms with van der Waals surface area (Å²) in [7, 11) is 0. The van der Waals surface area contributed by atoms with Crippen LogP contribution in [0.25, 0.3) is 0 Å². The molecule has 1 saturated heterocycles. The van der Waals surface area contributed by atoms with Crippen molar-refractivity contribution < 1.29 is 42.5 Å². The Kier molecular flexibility index (Phi) is 14.9. The molecule has 2 heterocycles. The molecule has 0 radical (unpaired) electrons. The third-order valence-corrected chi connectivity index (χ3v) is 9.52. The molecule has 7 atom stereocenters. The zero-order valence-corrected chi connectivity index (χ0v) is 31.2. The standard InChI is InChI=1S/C38H53FN4O10/c1-6-25(20-31(45)51-22-43-21-27(39)34(46)42-36(43)48)26-16-23(2)17-28(30(44)19-26)40-35(47)33(52-32-14-10-11-15-50-32)29(18-24-12-8-7-9-13-24)41-37(49)53-38(3,4)5/h7-9,12-13,21,23,25-26,28-29,32-33H,6,10-11,14-20,22H2,1-5H3,(H,40,47)(H,41,49)(H,42,46,48). The number of ether oxygens (including phenoxy) is 4. The van der Waals surface area contributed by atoms with Crippen LogP contribution in [-0.2, 0) is 46.5 Å². The van der Waals surface area contributed by atoms with Crippen molar-refractivity contribution in [3.05, 3.63) is 68.7 Å². The number of amides is 2. The van der Waals surface area contributed by atoms with Crippen molar-refractivity contribution in [1.29, 1.82) is 0 Å². The first kappa shape index (κ1) is 41.4. The maximum atomic E-state index is 14.3. The molecule has 0 bridgehead atoms. The van der Waals surface area contributed by atoms with Crippen molar-refractivity contribution in [3.8, 4) is 0 Å². The molecule has 15 heteroatoms. The Bertz CT molecular complexity index is 1670. The van der Waals surface area contributed by atoms with Crippen molar-refractivity contribution >= 4 is 23.8 Å². The lowest BCUT2D eigenvalue weighted by Crippen LogP contribution is -2.57. The fourth-order valence-corrected chi connectivity index (χ4v) is 6.90. The van der Waals surface area contributed by atoms with E-state index in [4.69, 9.17) is 18.9 Å². The number of hydrogen-bond acceptors (Lipinski definition) is 10. The molecule has 1 aliphatic carbocycles. The minimum atomic E-state index is -1.23. The highest BCUT2D eigenvalue weighted by Gasteiger charge is 2.39. The molecule has 2 aliphatic rings.